The van der Waals surface area contributed by atoms with E-state index in [1.54, 1.807) is 19.0 Å². The van der Waals surface area contributed by atoms with Gasteiger partial charge in [-0.3, -0.25) is 4.79 Å². The van der Waals surface area contributed by atoms with Crippen LogP contribution in [0.2, 0.25) is 0 Å². The average Bonchev–Trinajstić information content (AvgIpc) is 3.03. The van der Waals surface area contributed by atoms with Crippen LogP contribution in [0, 0.1) is 6.92 Å². The number of aryl methyl sites for hydroxylation is 1. The van der Waals surface area contributed by atoms with Gasteiger partial charge in [0.15, 0.2) is 5.96 Å². The number of carbonyl (C=O) groups excluding carboxylic acids is 1. The maximum absolute atomic E-state index is 11.8. The number of likely N-dealkylation sites (N-methyl/N-ethyl adjacent to an activating group) is 1. The van der Waals surface area contributed by atoms with Crippen LogP contribution in [0.5, 0.6) is 0 Å². The SMILES string of the molecule is Cc1cc(Br)ccc1CN=C(NCC(=O)N(C)C)NC1CCCC1. The highest BCUT2D eigenvalue weighted by molar-refractivity contribution is 9.10. The second kappa shape index (κ2) is 9.06. The van der Waals surface area contributed by atoms with Crippen LogP contribution in [-0.2, 0) is 11.3 Å². The first-order valence-corrected chi connectivity index (χ1v) is 9.25. The summed E-state index contributed by atoms with van der Waals surface area (Å²) in [6, 6.07) is 6.67. The molecule has 5 nitrogen and oxygen atoms in total. The Kier molecular flexibility index (Phi) is 7.09. The lowest BCUT2D eigenvalue weighted by atomic mass is 10.1. The highest BCUT2D eigenvalue weighted by Crippen LogP contribution is 2.18. The molecule has 0 heterocycles. The van der Waals surface area contributed by atoms with Crippen LogP contribution < -0.4 is 10.6 Å². The fourth-order valence-electron chi connectivity index (χ4n) is 2.73. The van der Waals surface area contributed by atoms with E-state index in [0.29, 0.717) is 12.6 Å². The third-order valence-corrected chi connectivity index (χ3v) is 4.81. The van der Waals surface area contributed by atoms with Gasteiger partial charge in [0.05, 0.1) is 13.1 Å². The molecule has 1 aliphatic rings. The molecule has 0 spiro atoms. The molecule has 0 aliphatic heterocycles. The first kappa shape index (κ1) is 18.8. The monoisotopic (exact) mass is 394 g/mol. The quantitative estimate of drug-likeness (QED) is 0.596. The molecule has 1 amide bonds. The zero-order valence-corrected chi connectivity index (χ0v) is 16.3. The van der Waals surface area contributed by atoms with E-state index in [2.05, 4.69) is 50.6 Å². The van der Waals surface area contributed by atoms with Crippen LogP contribution in [0.3, 0.4) is 0 Å². The normalized spacial score (nSPS) is 15.4. The van der Waals surface area contributed by atoms with E-state index in [4.69, 9.17) is 0 Å². The highest BCUT2D eigenvalue weighted by atomic mass is 79.9. The Balaban J connectivity index is 2.03. The maximum atomic E-state index is 11.8. The van der Waals surface area contributed by atoms with Crippen molar-refractivity contribution in [2.75, 3.05) is 20.6 Å². The van der Waals surface area contributed by atoms with Gasteiger partial charge in [0.2, 0.25) is 5.91 Å². The fraction of sp³-hybridized carbons (Fsp3) is 0.556. The van der Waals surface area contributed by atoms with E-state index in [-0.39, 0.29) is 12.5 Å². The Morgan fingerprint density at radius 2 is 2.04 bits per heavy atom. The molecular formula is C18H27BrN4O. The third-order valence-electron chi connectivity index (χ3n) is 4.31. The molecule has 1 fully saturated rings. The zero-order valence-electron chi connectivity index (χ0n) is 14.7. The van der Waals surface area contributed by atoms with Crippen LogP contribution in [-0.4, -0.2) is 43.4 Å². The highest BCUT2D eigenvalue weighted by Gasteiger charge is 2.16. The van der Waals surface area contributed by atoms with Crippen LogP contribution in [0.1, 0.15) is 36.8 Å². The molecule has 1 saturated carbocycles. The van der Waals surface area contributed by atoms with Crippen molar-refractivity contribution in [2.45, 2.75) is 45.2 Å². The molecule has 1 aromatic rings. The number of hydrogen-bond acceptors (Lipinski definition) is 2. The number of aliphatic imine (C=N–C) groups is 1. The lowest BCUT2D eigenvalue weighted by molar-refractivity contribution is -0.127. The number of carbonyl (C=O) groups is 1. The third kappa shape index (κ3) is 5.82. The molecule has 132 valence electrons. The first-order chi connectivity index (χ1) is 11.5. The predicted molar refractivity (Wildman–Crippen MR) is 102 cm³/mol. The van der Waals surface area contributed by atoms with Crippen LogP contribution in [0.15, 0.2) is 27.7 Å². The minimum Gasteiger partial charge on any atom is -0.354 e. The summed E-state index contributed by atoms with van der Waals surface area (Å²) in [5.74, 6) is 0.759. The van der Waals surface area contributed by atoms with Gasteiger partial charge in [-0.05, 0) is 43.0 Å². The lowest BCUT2D eigenvalue weighted by Gasteiger charge is -2.18. The number of nitrogens with one attached hydrogen (secondary N) is 2. The predicted octanol–water partition coefficient (Wildman–Crippen LogP) is 2.82. The summed E-state index contributed by atoms with van der Waals surface area (Å²) >= 11 is 3.49. The van der Waals surface area contributed by atoms with Gasteiger partial charge in [-0.1, -0.05) is 34.8 Å². The number of benzene rings is 1. The Hall–Kier alpha value is -1.56. The number of halogens is 1. The minimum atomic E-state index is 0.0377. The van der Waals surface area contributed by atoms with Crippen LogP contribution in [0.25, 0.3) is 0 Å². The summed E-state index contributed by atoms with van der Waals surface area (Å²) in [4.78, 5) is 18.1. The number of hydrogen-bond donors (Lipinski definition) is 2. The van der Waals surface area contributed by atoms with E-state index in [0.717, 1.165) is 10.4 Å². The number of rotatable bonds is 5. The molecule has 0 aromatic heterocycles. The van der Waals surface area contributed by atoms with Gasteiger partial charge in [0.1, 0.15) is 0 Å². The molecule has 24 heavy (non-hydrogen) atoms. The molecule has 0 atom stereocenters. The molecule has 6 heteroatoms. The molecule has 0 saturated heterocycles. The summed E-state index contributed by atoms with van der Waals surface area (Å²) in [6.45, 7) is 2.94. The first-order valence-electron chi connectivity index (χ1n) is 8.45. The van der Waals surface area contributed by atoms with Crippen molar-refractivity contribution in [1.82, 2.24) is 15.5 Å². The average molecular weight is 395 g/mol. The van der Waals surface area contributed by atoms with Crippen molar-refractivity contribution < 1.29 is 4.79 Å². The Morgan fingerprint density at radius 1 is 1.33 bits per heavy atom. The van der Waals surface area contributed by atoms with Gasteiger partial charge < -0.3 is 15.5 Å². The van der Waals surface area contributed by atoms with Gasteiger partial charge >= 0.3 is 0 Å². The van der Waals surface area contributed by atoms with Gasteiger partial charge in [-0.15, -0.1) is 0 Å². The van der Waals surface area contributed by atoms with Crippen LogP contribution >= 0.6 is 15.9 Å². The van der Waals surface area contributed by atoms with Crippen molar-refractivity contribution >= 4 is 27.8 Å². The summed E-state index contributed by atoms with van der Waals surface area (Å²) in [6.07, 6.45) is 4.85. The summed E-state index contributed by atoms with van der Waals surface area (Å²) in [7, 11) is 3.52. The van der Waals surface area contributed by atoms with Crippen molar-refractivity contribution in [3.05, 3.63) is 33.8 Å². The molecule has 0 unspecified atom stereocenters. The van der Waals surface area contributed by atoms with E-state index < -0.39 is 0 Å². The van der Waals surface area contributed by atoms with Gasteiger partial charge in [-0.2, -0.15) is 0 Å². The second-order valence-electron chi connectivity index (χ2n) is 6.50. The molecule has 1 aromatic carbocycles. The minimum absolute atomic E-state index is 0.0377. The molecule has 1 aliphatic carbocycles. The van der Waals surface area contributed by atoms with Crippen LogP contribution in [0.4, 0.5) is 0 Å². The van der Waals surface area contributed by atoms with E-state index in [1.165, 1.54) is 36.8 Å². The zero-order chi connectivity index (χ0) is 17.5. The van der Waals surface area contributed by atoms with Crippen molar-refractivity contribution in [1.29, 1.82) is 0 Å². The summed E-state index contributed by atoms with van der Waals surface area (Å²) in [5.41, 5.74) is 2.39. The summed E-state index contributed by atoms with van der Waals surface area (Å²) in [5, 5.41) is 6.64. The van der Waals surface area contributed by atoms with Crippen molar-refractivity contribution in [3.63, 3.8) is 0 Å². The summed E-state index contributed by atoms with van der Waals surface area (Å²) < 4.78 is 1.08. The van der Waals surface area contributed by atoms with E-state index in [1.807, 2.05) is 6.07 Å². The van der Waals surface area contributed by atoms with Gasteiger partial charge in [0, 0.05) is 24.6 Å². The van der Waals surface area contributed by atoms with E-state index in [9.17, 15) is 4.79 Å². The number of amides is 1. The smallest absolute Gasteiger partial charge is 0.241 e. The molecular weight excluding hydrogens is 368 g/mol. The van der Waals surface area contributed by atoms with Gasteiger partial charge in [-0.25, -0.2) is 4.99 Å². The topological polar surface area (TPSA) is 56.7 Å². The Bertz CT molecular complexity index is 595. The second-order valence-corrected chi connectivity index (χ2v) is 7.42. The Morgan fingerprint density at radius 3 is 2.67 bits per heavy atom. The molecule has 0 radical (unpaired) electrons. The Labute approximate surface area is 153 Å². The lowest BCUT2D eigenvalue weighted by Crippen LogP contribution is -2.46. The molecule has 2 N–H and O–H groups in total. The van der Waals surface area contributed by atoms with Gasteiger partial charge in [0.25, 0.3) is 0 Å². The number of guanidine groups is 1. The maximum Gasteiger partial charge on any atom is 0.241 e. The van der Waals surface area contributed by atoms with Crippen molar-refractivity contribution in [3.8, 4) is 0 Å². The largest absolute Gasteiger partial charge is 0.354 e. The number of nitrogens with zero attached hydrogens (tertiary/aromatic N) is 2. The van der Waals surface area contributed by atoms with E-state index >= 15 is 0 Å². The standard InChI is InChI=1S/C18H27BrN4O/c1-13-10-15(19)9-8-14(13)11-20-18(21-12-17(24)23(2)3)22-16-6-4-5-7-16/h8-10,16H,4-7,11-12H2,1-3H3,(H2,20,21,22). The van der Waals surface area contributed by atoms with Crippen molar-refractivity contribution in [2.24, 2.45) is 4.99 Å². The molecule has 2 rings (SSSR count). The molecule has 0 bridgehead atoms. The fourth-order valence-corrected chi connectivity index (χ4v) is 3.21.